The van der Waals surface area contributed by atoms with Gasteiger partial charge >= 0.3 is 12.1 Å². The number of carboxylic acid groups (broad SMARTS) is 1. The Balaban J connectivity index is 2.05. The fraction of sp³-hybridized carbons (Fsp3) is 0.143. The van der Waals surface area contributed by atoms with Gasteiger partial charge in [0, 0.05) is 11.3 Å². The van der Waals surface area contributed by atoms with Gasteiger partial charge in [-0.25, -0.2) is 9.59 Å². The normalized spacial score (nSPS) is 11.6. The molecule has 0 aliphatic carbocycles. The molecule has 0 fully saturated rings. The fourth-order valence-electron chi connectivity index (χ4n) is 1.65. The van der Waals surface area contributed by atoms with Gasteiger partial charge in [0.1, 0.15) is 11.8 Å². The quantitative estimate of drug-likeness (QED) is 0.655. The highest BCUT2D eigenvalue weighted by atomic mass is 32.1. The number of ether oxygens (including phenoxy) is 1. The van der Waals surface area contributed by atoms with Crippen LogP contribution in [-0.2, 0) is 11.2 Å². The van der Waals surface area contributed by atoms with Crippen molar-refractivity contribution in [2.75, 3.05) is 0 Å². The Morgan fingerprint density at radius 2 is 1.95 bits per heavy atom. The van der Waals surface area contributed by atoms with Crippen molar-refractivity contribution >= 4 is 23.4 Å². The van der Waals surface area contributed by atoms with Gasteiger partial charge in [-0.05, 0) is 23.6 Å². The third kappa shape index (κ3) is 4.10. The first-order valence-corrected chi connectivity index (χ1v) is 6.81. The van der Waals surface area contributed by atoms with Gasteiger partial charge < -0.3 is 15.2 Å². The Morgan fingerprint density at radius 1 is 1.20 bits per heavy atom. The number of thiophene rings is 1. The molecular formula is C14H13NO4S. The first-order valence-electron chi connectivity index (χ1n) is 5.94. The predicted molar refractivity (Wildman–Crippen MR) is 75.0 cm³/mol. The molecule has 1 aromatic carbocycles. The van der Waals surface area contributed by atoms with E-state index in [9.17, 15) is 9.59 Å². The summed E-state index contributed by atoms with van der Waals surface area (Å²) in [7, 11) is 0. The second kappa shape index (κ2) is 6.72. The molecule has 2 N–H and O–H groups in total. The summed E-state index contributed by atoms with van der Waals surface area (Å²) in [5, 5.41) is 12.9. The summed E-state index contributed by atoms with van der Waals surface area (Å²) in [6, 6.07) is 11.3. The monoisotopic (exact) mass is 291 g/mol. The number of rotatable bonds is 5. The zero-order chi connectivity index (χ0) is 14.4. The van der Waals surface area contributed by atoms with E-state index in [0.717, 1.165) is 4.88 Å². The Morgan fingerprint density at radius 3 is 2.55 bits per heavy atom. The van der Waals surface area contributed by atoms with E-state index in [2.05, 4.69) is 5.32 Å². The van der Waals surface area contributed by atoms with Crippen molar-refractivity contribution < 1.29 is 19.4 Å². The van der Waals surface area contributed by atoms with Crippen LogP contribution in [0.2, 0.25) is 0 Å². The topological polar surface area (TPSA) is 75.6 Å². The number of hydrogen-bond acceptors (Lipinski definition) is 4. The SMILES string of the molecule is O=C(O)NC(Cc1cccs1)C(=O)Oc1ccccc1. The summed E-state index contributed by atoms with van der Waals surface area (Å²) < 4.78 is 5.17. The number of benzene rings is 1. The van der Waals surface area contributed by atoms with Gasteiger partial charge in [-0.2, -0.15) is 0 Å². The summed E-state index contributed by atoms with van der Waals surface area (Å²) in [6.07, 6.45) is -0.980. The highest BCUT2D eigenvalue weighted by Crippen LogP contribution is 2.14. The molecule has 104 valence electrons. The molecule has 1 heterocycles. The van der Waals surface area contributed by atoms with E-state index in [-0.39, 0.29) is 6.42 Å². The molecular weight excluding hydrogens is 278 g/mol. The van der Waals surface area contributed by atoms with Crippen molar-refractivity contribution in [1.82, 2.24) is 5.32 Å². The molecule has 20 heavy (non-hydrogen) atoms. The lowest BCUT2D eigenvalue weighted by Gasteiger charge is -2.15. The maximum atomic E-state index is 12.0. The molecule has 1 amide bonds. The van der Waals surface area contributed by atoms with E-state index in [1.165, 1.54) is 11.3 Å². The lowest BCUT2D eigenvalue weighted by molar-refractivity contribution is -0.136. The largest absolute Gasteiger partial charge is 0.465 e. The number of esters is 1. The molecule has 0 aliphatic heterocycles. The number of nitrogens with one attached hydrogen (secondary N) is 1. The van der Waals surface area contributed by atoms with Crippen molar-refractivity contribution in [3.05, 3.63) is 52.7 Å². The van der Waals surface area contributed by atoms with Crippen LogP contribution in [0.3, 0.4) is 0 Å². The molecule has 1 atom stereocenters. The average molecular weight is 291 g/mol. The summed E-state index contributed by atoms with van der Waals surface area (Å²) in [5.74, 6) is -0.229. The van der Waals surface area contributed by atoms with Crippen LogP contribution in [-0.4, -0.2) is 23.2 Å². The average Bonchev–Trinajstić information content (AvgIpc) is 2.91. The first kappa shape index (κ1) is 14.1. The molecule has 0 spiro atoms. The summed E-state index contributed by atoms with van der Waals surface area (Å²) >= 11 is 1.46. The van der Waals surface area contributed by atoms with E-state index in [0.29, 0.717) is 5.75 Å². The van der Waals surface area contributed by atoms with Crippen molar-refractivity contribution in [3.8, 4) is 5.75 Å². The number of amides is 1. The smallest absolute Gasteiger partial charge is 0.405 e. The molecule has 0 saturated heterocycles. The Bertz CT molecular complexity index is 568. The van der Waals surface area contributed by atoms with Gasteiger partial charge in [-0.1, -0.05) is 24.3 Å². The van der Waals surface area contributed by atoms with E-state index in [1.807, 2.05) is 17.5 Å². The van der Waals surface area contributed by atoms with Crippen molar-refractivity contribution in [2.45, 2.75) is 12.5 Å². The molecule has 1 aromatic heterocycles. The summed E-state index contributed by atoms with van der Waals surface area (Å²) in [6.45, 7) is 0. The molecule has 6 heteroatoms. The first-order chi connectivity index (χ1) is 9.65. The maximum absolute atomic E-state index is 12.0. The van der Waals surface area contributed by atoms with Gasteiger partial charge in [0.2, 0.25) is 0 Å². The molecule has 2 rings (SSSR count). The summed E-state index contributed by atoms with van der Waals surface area (Å²) in [5.41, 5.74) is 0. The third-order valence-electron chi connectivity index (χ3n) is 2.53. The minimum atomic E-state index is -1.25. The van der Waals surface area contributed by atoms with E-state index < -0.39 is 18.1 Å². The van der Waals surface area contributed by atoms with Crippen LogP contribution in [0.25, 0.3) is 0 Å². The maximum Gasteiger partial charge on any atom is 0.405 e. The summed E-state index contributed by atoms with van der Waals surface area (Å²) in [4.78, 5) is 23.7. The van der Waals surface area contributed by atoms with Gasteiger partial charge in [-0.3, -0.25) is 0 Å². The van der Waals surface area contributed by atoms with Gasteiger partial charge in [0.15, 0.2) is 0 Å². The molecule has 0 bridgehead atoms. The second-order valence-electron chi connectivity index (χ2n) is 4.02. The Kier molecular flexibility index (Phi) is 4.73. The molecule has 1 unspecified atom stereocenters. The van der Waals surface area contributed by atoms with Crippen molar-refractivity contribution in [3.63, 3.8) is 0 Å². The van der Waals surface area contributed by atoms with Crippen LogP contribution in [0.5, 0.6) is 5.75 Å². The highest BCUT2D eigenvalue weighted by Gasteiger charge is 2.23. The zero-order valence-electron chi connectivity index (χ0n) is 10.5. The number of hydrogen-bond donors (Lipinski definition) is 2. The van der Waals surface area contributed by atoms with Crippen molar-refractivity contribution in [2.24, 2.45) is 0 Å². The van der Waals surface area contributed by atoms with Gasteiger partial charge in [-0.15, -0.1) is 11.3 Å². The standard InChI is InChI=1S/C14H13NO4S/c16-13(19-10-5-2-1-3-6-10)12(15-14(17)18)9-11-7-4-8-20-11/h1-8,12,15H,9H2,(H,17,18). The van der Waals surface area contributed by atoms with Crippen LogP contribution < -0.4 is 10.1 Å². The van der Waals surface area contributed by atoms with Crippen LogP contribution in [0.15, 0.2) is 47.8 Å². The third-order valence-corrected chi connectivity index (χ3v) is 3.43. The van der Waals surface area contributed by atoms with Gasteiger partial charge in [0.25, 0.3) is 0 Å². The van der Waals surface area contributed by atoms with Crippen molar-refractivity contribution in [1.29, 1.82) is 0 Å². The van der Waals surface area contributed by atoms with Crippen LogP contribution >= 0.6 is 11.3 Å². The number of para-hydroxylation sites is 1. The van der Waals surface area contributed by atoms with Gasteiger partial charge in [0.05, 0.1) is 0 Å². The number of carbonyl (C=O) groups excluding carboxylic acids is 1. The second-order valence-corrected chi connectivity index (χ2v) is 5.05. The van der Waals surface area contributed by atoms with Crippen LogP contribution in [0.1, 0.15) is 4.88 Å². The van der Waals surface area contributed by atoms with Crippen LogP contribution in [0.4, 0.5) is 4.79 Å². The molecule has 0 radical (unpaired) electrons. The van der Waals surface area contributed by atoms with Crippen LogP contribution in [0, 0.1) is 0 Å². The molecule has 5 nitrogen and oxygen atoms in total. The zero-order valence-corrected chi connectivity index (χ0v) is 11.3. The van der Waals surface area contributed by atoms with E-state index in [1.54, 1.807) is 30.3 Å². The minimum Gasteiger partial charge on any atom is -0.465 e. The number of carbonyl (C=O) groups is 2. The van der Waals surface area contributed by atoms with E-state index in [4.69, 9.17) is 9.84 Å². The lowest BCUT2D eigenvalue weighted by atomic mass is 10.2. The Labute approximate surface area is 119 Å². The van der Waals surface area contributed by atoms with E-state index >= 15 is 0 Å². The minimum absolute atomic E-state index is 0.273. The lowest BCUT2D eigenvalue weighted by Crippen LogP contribution is -2.43. The molecule has 0 saturated carbocycles. The molecule has 0 aliphatic rings. The highest BCUT2D eigenvalue weighted by molar-refractivity contribution is 7.09. The predicted octanol–water partition coefficient (Wildman–Crippen LogP) is 2.53. The Hall–Kier alpha value is -2.34. The molecule has 2 aromatic rings. The fourth-order valence-corrected chi connectivity index (χ4v) is 2.40.